The zero-order valence-electron chi connectivity index (χ0n) is 15.0. The lowest BCUT2D eigenvalue weighted by atomic mass is 10.0. The van der Waals surface area contributed by atoms with Crippen molar-refractivity contribution in [1.29, 1.82) is 0 Å². The summed E-state index contributed by atoms with van der Waals surface area (Å²) in [5.41, 5.74) is 1.34. The van der Waals surface area contributed by atoms with Crippen LogP contribution in [0.5, 0.6) is 0 Å². The Morgan fingerprint density at radius 1 is 0.964 bits per heavy atom. The van der Waals surface area contributed by atoms with Gasteiger partial charge in [0, 0.05) is 11.6 Å². The molecule has 2 aromatic heterocycles. The van der Waals surface area contributed by atoms with Crippen molar-refractivity contribution in [3.05, 3.63) is 107 Å². The van der Waals surface area contributed by atoms with Gasteiger partial charge in [-0.2, -0.15) is 5.10 Å². The molecule has 2 heterocycles. The lowest BCUT2D eigenvalue weighted by molar-refractivity contribution is -0.122. The molecule has 1 unspecified atom stereocenters. The van der Waals surface area contributed by atoms with E-state index in [2.05, 4.69) is 15.4 Å². The standard InChI is InChI=1S/C22H18N4O2/c27-20(15-26-22(28)18-11-5-4-10-17(18)14-24-26)25-21(16-8-2-1-3-9-16)19-12-6-7-13-23-19/h1-14,21H,15H2,(H,25,27). The molecule has 0 spiro atoms. The van der Waals surface area contributed by atoms with Crippen LogP contribution in [0.4, 0.5) is 0 Å². The summed E-state index contributed by atoms with van der Waals surface area (Å²) >= 11 is 0. The Morgan fingerprint density at radius 2 is 1.71 bits per heavy atom. The van der Waals surface area contributed by atoms with Gasteiger partial charge in [0.2, 0.25) is 5.91 Å². The van der Waals surface area contributed by atoms with Crippen LogP contribution in [-0.4, -0.2) is 20.7 Å². The number of amides is 1. The van der Waals surface area contributed by atoms with Crippen LogP contribution in [0.25, 0.3) is 10.8 Å². The van der Waals surface area contributed by atoms with E-state index >= 15 is 0 Å². The maximum atomic E-state index is 12.7. The average Bonchev–Trinajstić information content (AvgIpc) is 2.75. The van der Waals surface area contributed by atoms with Crippen LogP contribution in [0.3, 0.4) is 0 Å². The highest BCUT2D eigenvalue weighted by Gasteiger charge is 2.18. The molecule has 6 nitrogen and oxygen atoms in total. The molecule has 0 radical (unpaired) electrons. The summed E-state index contributed by atoms with van der Waals surface area (Å²) < 4.78 is 1.18. The van der Waals surface area contributed by atoms with Gasteiger partial charge in [0.15, 0.2) is 0 Å². The van der Waals surface area contributed by atoms with Crippen LogP contribution >= 0.6 is 0 Å². The van der Waals surface area contributed by atoms with E-state index in [0.717, 1.165) is 16.6 Å². The summed E-state index contributed by atoms with van der Waals surface area (Å²) in [5, 5.41) is 8.39. The third-order valence-corrected chi connectivity index (χ3v) is 4.48. The van der Waals surface area contributed by atoms with E-state index in [1.165, 1.54) is 4.68 Å². The Balaban J connectivity index is 1.60. The SMILES string of the molecule is O=C(Cn1ncc2ccccc2c1=O)NC(c1ccccc1)c1ccccn1. The van der Waals surface area contributed by atoms with Gasteiger partial charge in [-0.05, 0) is 23.8 Å². The highest BCUT2D eigenvalue weighted by Crippen LogP contribution is 2.19. The Kier molecular flexibility index (Phi) is 4.93. The topological polar surface area (TPSA) is 76.9 Å². The summed E-state index contributed by atoms with van der Waals surface area (Å²) in [5.74, 6) is -0.315. The maximum Gasteiger partial charge on any atom is 0.275 e. The number of rotatable bonds is 5. The molecule has 138 valence electrons. The first kappa shape index (κ1) is 17.6. The number of benzene rings is 2. The first-order valence-corrected chi connectivity index (χ1v) is 8.92. The normalized spacial score (nSPS) is 11.9. The minimum absolute atomic E-state index is 0.167. The molecule has 2 aromatic carbocycles. The highest BCUT2D eigenvalue weighted by atomic mass is 16.2. The molecule has 0 bridgehead atoms. The number of carbonyl (C=O) groups excluding carboxylic acids is 1. The van der Waals surface area contributed by atoms with Crippen molar-refractivity contribution < 1.29 is 4.79 Å². The first-order chi connectivity index (χ1) is 13.7. The van der Waals surface area contributed by atoms with Crippen molar-refractivity contribution in [2.75, 3.05) is 0 Å². The van der Waals surface area contributed by atoms with Crippen molar-refractivity contribution in [1.82, 2.24) is 20.1 Å². The summed E-state index contributed by atoms with van der Waals surface area (Å²) in [7, 11) is 0. The lowest BCUT2D eigenvalue weighted by Gasteiger charge is -2.19. The van der Waals surface area contributed by atoms with E-state index in [-0.39, 0.29) is 18.0 Å². The van der Waals surface area contributed by atoms with Crippen molar-refractivity contribution >= 4 is 16.7 Å². The van der Waals surface area contributed by atoms with Crippen LogP contribution in [0.15, 0.2) is 90.0 Å². The molecule has 0 saturated carbocycles. The van der Waals surface area contributed by atoms with Crippen LogP contribution < -0.4 is 10.9 Å². The van der Waals surface area contributed by atoms with Crippen LogP contribution in [0.2, 0.25) is 0 Å². The summed E-state index contributed by atoms with van der Waals surface area (Å²) in [6, 6.07) is 21.9. The quantitative estimate of drug-likeness (QED) is 0.586. The Bertz CT molecular complexity index is 1120. The van der Waals surface area contributed by atoms with E-state index in [4.69, 9.17) is 0 Å². The summed E-state index contributed by atoms with van der Waals surface area (Å²) in [6.07, 6.45) is 3.28. The van der Waals surface area contributed by atoms with Crippen LogP contribution in [0, 0.1) is 0 Å². The largest absolute Gasteiger partial charge is 0.342 e. The van der Waals surface area contributed by atoms with E-state index in [9.17, 15) is 9.59 Å². The van der Waals surface area contributed by atoms with Crippen molar-refractivity contribution in [2.45, 2.75) is 12.6 Å². The molecular weight excluding hydrogens is 352 g/mol. The van der Waals surface area contributed by atoms with Gasteiger partial charge in [-0.1, -0.05) is 54.6 Å². The van der Waals surface area contributed by atoms with E-state index in [1.54, 1.807) is 24.5 Å². The van der Waals surface area contributed by atoms with Crippen LogP contribution in [0.1, 0.15) is 17.3 Å². The Morgan fingerprint density at radius 3 is 2.50 bits per heavy atom. The maximum absolute atomic E-state index is 12.7. The third kappa shape index (κ3) is 3.66. The number of pyridine rings is 1. The highest BCUT2D eigenvalue weighted by molar-refractivity contribution is 5.81. The number of fused-ring (bicyclic) bond motifs is 1. The second kappa shape index (κ2) is 7.84. The molecular formula is C22H18N4O2. The number of aromatic nitrogens is 3. The fourth-order valence-corrected chi connectivity index (χ4v) is 3.10. The van der Waals surface area contributed by atoms with Gasteiger partial charge in [0.1, 0.15) is 6.54 Å². The lowest BCUT2D eigenvalue weighted by Crippen LogP contribution is -2.36. The molecule has 0 aliphatic heterocycles. The van der Waals surface area contributed by atoms with E-state index in [1.807, 2.05) is 60.7 Å². The second-order valence-electron chi connectivity index (χ2n) is 6.36. The molecule has 4 rings (SSSR count). The summed E-state index contributed by atoms with van der Waals surface area (Å²) in [4.78, 5) is 29.7. The minimum Gasteiger partial charge on any atom is -0.342 e. The fourth-order valence-electron chi connectivity index (χ4n) is 3.10. The minimum atomic E-state index is -0.411. The summed E-state index contributed by atoms with van der Waals surface area (Å²) in [6.45, 7) is -0.167. The Labute approximate surface area is 161 Å². The van der Waals surface area contributed by atoms with Gasteiger partial charge >= 0.3 is 0 Å². The molecule has 1 amide bonds. The van der Waals surface area contributed by atoms with Crippen molar-refractivity contribution in [3.63, 3.8) is 0 Å². The molecule has 0 fully saturated rings. The monoisotopic (exact) mass is 370 g/mol. The smallest absolute Gasteiger partial charge is 0.275 e. The predicted octanol–water partition coefficient (Wildman–Crippen LogP) is 2.70. The van der Waals surface area contributed by atoms with Crippen molar-refractivity contribution in [3.8, 4) is 0 Å². The molecule has 1 N–H and O–H groups in total. The van der Waals surface area contributed by atoms with Gasteiger partial charge in [-0.25, -0.2) is 4.68 Å². The third-order valence-electron chi connectivity index (χ3n) is 4.48. The van der Waals surface area contributed by atoms with E-state index < -0.39 is 6.04 Å². The van der Waals surface area contributed by atoms with Gasteiger partial charge in [-0.15, -0.1) is 0 Å². The molecule has 6 heteroatoms. The van der Waals surface area contributed by atoms with Gasteiger partial charge in [0.25, 0.3) is 5.56 Å². The Hall–Kier alpha value is -3.80. The number of hydrogen-bond donors (Lipinski definition) is 1. The molecule has 0 saturated heterocycles. The first-order valence-electron chi connectivity index (χ1n) is 8.92. The van der Waals surface area contributed by atoms with Crippen LogP contribution in [-0.2, 0) is 11.3 Å². The zero-order chi connectivity index (χ0) is 19.3. The molecule has 4 aromatic rings. The predicted molar refractivity (Wildman–Crippen MR) is 107 cm³/mol. The van der Waals surface area contributed by atoms with Crippen molar-refractivity contribution in [2.24, 2.45) is 0 Å². The number of nitrogens with zero attached hydrogens (tertiary/aromatic N) is 3. The molecule has 1 atom stereocenters. The number of nitrogens with one attached hydrogen (secondary N) is 1. The zero-order valence-corrected chi connectivity index (χ0v) is 15.0. The number of carbonyl (C=O) groups is 1. The average molecular weight is 370 g/mol. The molecule has 28 heavy (non-hydrogen) atoms. The molecule has 0 aliphatic carbocycles. The van der Waals surface area contributed by atoms with E-state index in [0.29, 0.717) is 5.39 Å². The fraction of sp³-hybridized carbons (Fsp3) is 0.0909. The number of hydrogen-bond acceptors (Lipinski definition) is 4. The second-order valence-corrected chi connectivity index (χ2v) is 6.36. The molecule has 0 aliphatic rings. The van der Waals surface area contributed by atoms with Gasteiger partial charge in [0.05, 0.1) is 23.3 Å². The van der Waals surface area contributed by atoms with Gasteiger partial charge < -0.3 is 5.32 Å². The van der Waals surface area contributed by atoms with Gasteiger partial charge in [-0.3, -0.25) is 14.6 Å².